The van der Waals surface area contributed by atoms with Crippen molar-refractivity contribution in [1.82, 2.24) is 10.3 Å². The van der Waals surface area contributed by atoms with E-state index >= 15 is 0 Å². The average molecular weight is 221 g/mol. The third kappa shape index (κ3) is 3.03. The first kappa shape index (κ1) is 12.6. The SMILES string of the molecule is CCC(C)(CN)C(=O)NCc1cccnc1. The van der Waals surface area contributed by atoms with Crippen molar-refractivity contribution >= 4 is 5.91 Å². The molecule has 0 bridgehead atoms. The standard InChI is InChI=1S/C12H19N3O/c1-3-12(2,9-13)11(16)15-8-10-5-4-6-14-7-10/h4-7H,3,8-9,13H2,1-2H3,(H,15,16). The van der Waals surface area contributed by atoms with Gasteiger partial charge in [0.25, 0.3) is 0 Å². The molecule has 0 aliphatic rings. The second-order valence-electron chi connectivity index (χ2n) is 4.16. The van der Waals surface area contributed by atoms with E-state index in [2.05, 4.69) is 10.3 Å². The Kier molecular flexibility index (Phi) is 4.43. The van der Waals surface area contributed by atoms with Gasteiger partial charge in [0.1, 0.15) is 0 Å². The van der Waals surface area contributed by atoms with Crippen LogP contribution in [0.5, 0.6) is 0 Å². The Hall–Kier alpha value is -1.42. The van der Waals surface area contributed by atoms with E-state index in [1.165, 1.54) is 0 Å². The lowest BCUT2D eigenvalue weighted by Crippen LogP contribution is -2.43. The first-order valence-corrected chi connectivity index (χ1v) is 5.49. The van der Waals surface area contributed by atoms with Crippen molar-refractivity contribution in [2.75, 3.05) is 6.54 Å². The largest absolute Gasteiger partial charge is 0.351 e. The average Bonchev–Trinajstić information content (AvgIpc) is 2.36. The number of nitrogens with two attached hydrogens (primary N) is 1. The molecule has 1 heterocycles. The molecule has 0 saturated heterocycles. The van der Waals surface area contributed by atoms with Gasteiger partial charge in [0.05, 0.1) is 5.41 Å². The minimum atomic E-state index is -0.470. The highest BCUT2D eigenvalue weighted by atomic mass is 16.2. The predicted octanol–water partition coefficient (Wildman–Crippen LogP) is 1.07. The highest BCUT2D eigenvalue weighted by Crippen LogP contribution is 2.19. The van der Waals surface area contributed by atoms with Crippen molar-refractivity contribution in [3.63, 3.8) is 0 Å². The summed E-state index contributed by atoms with van der Waals surface area (Å²) in [5.41, 5.74) is 6.14. The van der Waals surface area contributed by atoms with Gasteiger partial charge in [-0.2, -0.15) is 0 Å². The van der Waals surface area contributed by atoms with Crippen LogP contribution < -0.4 is 11.1 Å². The molecule has 1 unspecified atom stereocenters. The van der Waals surface area contributed by atoms with E-state index in [0.29, 0.717) is 13.1 Å². The molecule has 0 spiro atoms. The zero-order chi connectivity index (χ0) is 12.0. The van der Waals surface area contributed by atoms with E-state index in [9.17, 15) is 4.79 Å². The van der Waals surface area contributed by atoms with Crippen LogP contribution in [0.25, 0.3) is 0 Å². The van der Waals surface area contributed by atoms with Gasteiger partial charge in [0.15, 0.2) is 0 Å². The van der Waals surface area contributed by atoms with Crippen molar-refractivity contribution in [2.24, 2.45) is 11.1 Å². The van der Waals surface area contributed by atoms with Gasteiger partial charge in [0.2, 0.25) is 5.91 Å². The highest BCUT2D eigenvalue weighted by molar-refractivity contribution is 5.82. The highest BCUT2D eigenvalue weighted by Gasteiger charge is 2.29. The van der Waals surface area contributed by atoms with Crippen molar-refractivity contribution < 1.29 is 4.79 Å². The molecular weight excluding hydrogens is 202 g/mol. The van der Waals surface area contributed by atoms with Crippen molar-refractivity contribution in [3.8, 4) is 0 Å². The van der Waals surface area contributed by atoms with Crippen LogP contribution in [-0.2, 0) is 11.3 Å². The van der Waals surface area contributed by atoms with Crippen LogP contribution in [0.15, 0.2) is 24.5 Å². The lowest BCUT2D eigenvalue weighted by molar-refractivity contribution is -0.130. The van der Waals surface area contributed by atoms with Gasteiger partial charge >= 0.3 is 0 Å². The number of amides is 1. The van der Waals surface area contributed by atoms with Gasteiger partial charge in [-0.1, -0.05) is 13.0 Å². The summed E-state index contributed by atoms with van der Waals surface area (Å²) in [7, 11) is 0. The van der Waals surface area contributed by atoms with Gasteiger partial charge in [-0.05, 0) is 25.0 Å². The fourth-order valence-corrected chi connectivity index (χ4v) is 1.30. The first-order valence-electron chi connectivity index (χ1n) is 5.49. The smallest absolute Gasteiger partial charge is 0.227 e. The fraction of sp³-hybridized carbons (Fsp3) is 0.500. The molecule has 1 amide bonds. The van der Waals surface area contributed by atoms with Crippen molar-refractivity contribution in [1.29, 1.82) is 0 Å². The molecule has 0 fully saturated rings. The molecule has 1 aromatic rings. The van der Waals surface area contributed by atoms with Gasteiger partial charge in [-0.15, -0.1) is 0 Å². The third-order valence-corrected chi connectivity index (χ3v) is 2.95. The summed E-state index contributed by atoms with van der Waals surface area (Å²) in [5.74, 6) is 0.00125. The lowest BCUT2D eigenvalue weighted by atomic mass is 9.86. The summed E-state index contributed by atoms with van der Waals surface area (Å²) in [6, 6.07) is 3.78. The van der Waals surface area contributed by atoms with E-state index in [-0.39, 0.29) is 5.91 Å². The monoisotopic (exact) mass is 221 g/mol. The number of carbonyl (C=O) groups excluding carboxylic acids is 1. The molecule has 4 nitrogen and oxygen atoms in total. The van der Waals surface area contributed by atoms with Crippen LogP contribution in [0, 0.1) is 5.41 Å². The summed E-state index contributed by atoms with van der Waals surface area (Å²) >= 11 is 0. The second-order valence-corrected chi connectivity index (χ2v) is 4.16. The topological polar surface area (TPSA) is 68.0 Å². The zero-order valence-corrected chi connectivity index (χ0v) is 9.86. The number of hydrogen-bond acceptors (Lipinski definition) is 3. The number of aromatic nitrogens is 1. The Morgan fingerprint density at radius 1 is 1.62 bits per heavy atom. The lowest BCUT2D eigenvalue weighted by Gasteiger charge is -2.24. The van der Waals surface area contributed by atoms with Gasteiger partial charge < -0.3 is 11.1 Å². The quantitative estimate of drug-likeness (QED) is 0.781. The maximum absolute atomic E-state index is 11.9. The molecule has 0 saturated carbocycles. The van der Waals surface area contributed by atoms with E-state index in [1.807, 2.05) is 26.0 Å². The number of nitrogens with one attached hydrogen (secondary N) is 1. The molecule has 0 aliphatic heterocycles. The molecular formula is C12H19N3O. The van der Waals surface area contributed by atoms with E-state index in [1.54, 1.807) is 12.4 Å². The second kappa shape index (κ2) is 5.61. The van der Waals surface area contributed by atoms with E-state index in [0.717, 1.165) is 12.0 Å². The summed E-state index contributed by atoms with van der Waals surface area (Å²) in [4.78, 5) is 15.9. The summed E-state index contributed by atoms with van der Waals surface area (Å²) in [6.07, 6.45) is 4.19. The Balaban J connectivity index is 2.53. The number of carbonyl (C=O) groups is 1. The summed E-state index contributed by atoms with van der Waals surface area (Å²) < 4.78 is 0. The zero-order valence-electron chi connectivity index (χ0n) is 9.86. The molecule has 0 aromatic carbocycles. The minimum absolute atomic E-state index is 0.00125. The molecule has 0 aliphatic carbocycles. The van der Waals surface area contributed by atoms with Crippen LogP contribution >= 0.6 is 0 Å². The molecule has 1 rings (SSSR count). The Morgan fingerprint density at radius 3 is 2.88 bits per heavy atom. The number of rotatable bonds is 5. The molecule has 4 heteroatoms. The minimum Gasteiger partial charge on any atom is -0.351 e. The Bertz CT molecular complexity index is 333. The van der Waals surface area contributed by atoms with Gasteiger partial charge in [-0.3, -0.25) is 9.78 Å². The van der Waals surface area contributed by atoms with Gasteiger partial charge in [-0.25, -0.2) is 0 Å². The molecule has 1 aromatic heterocycles. The van der Waals surface area contributed by atoms with Crippen LogP contribution in [0.2, 0.25) is 0 Å². The Morgan fingerprint density at radius 2 is 2.38 bits per heavy atom. The predicted molar refractivity (Wildman–Crippen MR) is 63.5 cm³/mol. The van der Waals surface area contributed by atoms with E-state index < -0.39 is 5.41 Å². The van der Waals surface area contributed by atoms with Gasteiger partial charge in [0, 0.05) is 25.5 Å². The summed E-state index contributed by atoms with van der Waals surface area (Å²) in [5, 5.41) is 2.88. The fourth-order valence-electron chi connectivity index (χ4n) is 1.30. The number of nitrogens with zero attached hydrogens (tertiary/aromatic N) is 1. The maximum Gasteiger partial charge on any atom is 0.227 e. The number of pyridine rings is 1. The normalized spacial score (nSPS) is 14.2. The first-order chi connectivity index (χ1) is 7.62. The van der Waals surface area contributed by atoms with Crippen LogP contribution in [0.1, 0.15) is 25.8 Å². The van der Waals surface area contributed by atoms with Crippen molar-refractivity contribution in [3.05, 3.63) is 30.1 Å². The van der Waals surface area contributed by atoms with Crippen LogP contribution in [-0.4, -0.2) is 17.4 Å². The molecule has 3 N–H and O–H groups in total. The molecule has 16 heavy (non-hydrogen) atoms. The summed E-state index contributed by atoms with van der Waals surface area (Å²) in [6.45, 7) is 4.72. The maximum atomic E-state index is 11.9. The van der Waals surface area contributed by atoms with E-state index in [4.69, 9.17) is 5.73 Å². The van der Waals surface area contributed by atoms with Crippen molar-refractivity contribution in [2.45, 2.75) is 26.8 Å². The molecule has 1 atom stereocenters. The Labute approximate surface area is 96.3 Å². The van der Waals surface area contributed by atoms with Crippen LogP contribution in [0.3, 0.4) is 0 Å². The molecule has 0 radical (unpaired) electrons. The third-order valence-electron chi connectivity index (χ3n) is 2.95. The van der Waals surface area contributed by atoms with Crippen LogP contribution in [0.4, 0.5) is 0 Å². The molecule has 88 valence electrons. The number of hydrogen-bond donors (Lipinski definition) is 2.